The predicted molar refractivity (Wildman–Crippen MR) is 68.3 cm³/mol. The van der Waals surface area contributed by atoms with Gasteiger partial charge in [0.05, 0.1) is 5.92 Å². The Balaban J connectivity index is 1.96. The van der Waals surface area contributed by atoms with Gasteiger partial charge in [-0.2, -0.15) is 13.2 Å². The van der Waals surface area contributed by atoms with Crippen LogP contribution in [0.25, 0.3) is 0 Å². The highest BCUT2D eigenvalue weighted by molar-refractivity contribution is 5.27. The van der Waals surface area contributed by atoms with E-state index in [9.17, 15) is 17.6 Å². The number of rotatable bonds is 3. The first-order valence-electron chi connectivity index (χ1n) is 6.66. The van der Waals surface area contributed by atoms with Gasteiger partial charge in [-0.15, -0.1) is 0 Å². The molecule has 0 atom stereocenters. The third kappa shape index (κ3) is 3.70. The van der Waals surface area contributed by atoms with E-state index in [1.807, 2.05) is 4.90 Å². The van der Waals surface area contributed by atoms with E-state index >= 15 is 0 Å². The van der Waals surface area contributed by atoms with Crippen LogP contribution < -0.4 is 5.73 Å². The van der Waals surface area contributed by atoms with Gasteiger partial charge in [-0.1, -0.05) is 6.07 Å². The average Bonchev–Trinajstić information content (AvgIpc) is 2.40. The van der Waals surface area contributed by atoms with Crippen LogP contribution in [0.1, 0.15) is 24.0 Å². The van der Waals surface area contributed by atoms with Crippen molar-refractivity contribution in [1.29, 1.82) is 0 Å². The van der Waals surface area contributed by atoms with Crippen LogP contribution in [0.5, 0.6) is 0 Å². The maximum Gasteiger partial charge on any atom is 0.391 e. The Morgan fingerprint density at radius 1 is 1.15 bits per heavy atom. The highest BCUT2D eigenvalue weighted by Gasteiger charge is 2.40. The molecule has 2 rings (SSSR count). The molecule has 20 heavy (non-hydrogen) atoms. The smallest absolute Gasteiger partial charge is 0.326 e. The van der Waals surface area contributed by atoms with Gasteiger partial charge in [-0.3, -0.25) is 4.90 Å². The molecule has 1 fully saturated rings. The van der Waals surface area contributed by atoms with E-state index in [4.69, 9.17) is 5.73 Å². The van der Waals surface area contributed by atoms with Crippen molar-refractivity contribution < 1.29 is 17.6 Å². The first-order valence-corrected chi connectivity index (χ1v) is 6.66. The monoisotopic (exact) mass is 290 g/mol. The molecule has 0 saturated carbocycles. The summed E-state index contributed by atoms with van der Waals surface area (Å²) < 4.78 is 50.8. The van der Waals surface area contributed by atoms with Crippen molar-refractivity contribution in [3.05, 3.63) is 35.1 Å². The Morgan fingerprint density at radius 2 is 1.80 bits per heavy atom. The molecule has 0 amide bonds. The van der Waals surface area contributed by atoms with Gasteiger partial charge >= 0.3 is 6.18 Å². The fourth-order valence-corrected chi connectivity index (χ4v) is 2.60. The van der Waals surface area contributed by atoms with E-state index in [-0.39, 0.29) is 25.2 Å². The van der Waals surface area contributed by atoms with E-state index in [0.717, 1.165) is 5.56 Å². The summed E-state index contributed by atoms with van der Waals surface area (Å²) in [5, 5.41) is 0. The number of halogens is 4. The minimum atomic E-state index is -4.09. The third-order valence-electron chi connectivity index (χ3n) is 3.83. The Morgan fingerprint density at radius 3 is 2.35 bits per heavy atom. The molecule has 112 valence electrons. The van der Waals surface area contributed by atoms with Crippen LogP contribution in [0, 0.1) is 11.7 Å². The molecule has 6 heteroatoms. The van der Waals surface area contributed by atoms with Gasteiger partial charge in [0.1, 0.15) is 5.82 Å². The summed E-state index contributed by atoms with van der Waals surface area (Å²) in [6.45, 7) is 1.57. The lowest BCUT2D eigenvalue weighted by Crippen LogP contribution is -2.38. The van der Waals surface area contributed by atoms with Crippen LogP contribution in [-0.2, 0) is 13.1 Å². The molecule has 0 aliphatic carbocycles. The Bertz CT molecular complexity index is 451. The summed E-state index contributed by atoms with van der Waals surface area (Å²) in [6, 6.07) is 4.40. The summed E-state index contributed by atoms with van der Waals surface area (Å²) in [7, 11) is 0. The minimum Gasteiger partial charge on any atom is -0.326 e. The van der Waals surface area contributed by atoms with Gasteiger partial charge < -0.3 is 5.73 Å². The standard InChI is InChI=1S/C14H18F4N2/c15-13-2-1-10(11(7-13)8-19)9-20-5-3-12(4-6-20)14(16,17)18/h1-2,7,12H,3-6,8-9,19H2. The molecule has 1 saturated heterocycles. The lowest BCUT2D eigenvalue weighted by atomic mass is 9.95. The van der Waals surface area contributed by atoms with Gasteiger partial charge in [0.2, 0.25) is 0 Å². The minimum absolute atomic E-state index is 0.128. The molecule has 2 nitrogen and oxygen atoms in total. The second-order valence-electron chi connectivity index (χ2n) is 5.21. The van der Waals surface area contributed by atoms with E-state index in [2.05, 4.69) is 0 Å². The first-order chi connectivity index (χ1) is 9.40. The van der Waals surface area contributed by atoms with Crippen molar-refractivity contribution in [3.63, 3.8) is 0 Å². The largest absolute Gasteiger partial charge is 0.391 e. The van der Waals surface area contributed by atoms with Crippen molar-refractivity contribution in [2.45, 2.75) is 32.1 Å². The topological polar surface area (TPSA) is 29.3 Å². The molecular weight excluding hydrogens is 272 g/mol. The maximum atomic E-state index is 13.1. The number of hydrogen-bond donors (Lipinski definition) is 1. The highest BCUT2D eigenvalue weighted by atomic mass is 19.4. The summed E-state index contributed by atoms with van der Waals surface area (Å²) >= 11 is 0. The molecular formula is C14H18F4N2. The third-order valence-corrected chi connectivity index (χ3v) is 3.83. The zero-order valence-corrected chi connectivity index (χ0v) is 11.1. The van der Waals surface area contributed by atoms with Crippen molar-refractivity contribution in [1.82, 2.24) is 4.90 Å². The zero-order chi connectivity index (χ0) is 14.8. The summed E-state index contributed by atoms with van der Waals surface area (Å²) in [5.74, 6) is -1.54. The normalized spacial score (nSPS) is 18.4. The number of nitrogens with zero attached hydrogens (tertiary/aromatic N) is 1. The maximum absolute atomic E-state index is 13.1. The quantitative estimate of drug-likeness (QED) is 0.867. The number of hydrogen-bond acceptors (Lipinski definition) is 2. The van der Waals surface area contributed by atoms with Gasteiger partial charge in [0.25, 0.3) is 0 Å². The lowest BCUT2D eigenvalue weighted by Gasteiger charge is -2.33. The second-order valence-corrected chi connectivity index (χ2v) is 5.21. The van der Waals surface area contributed by atoms with E-state index in [0.29, 0.717) is 25.2 Å². The second kappa shape index (κ2) is 6.10. The van der Waals surface area contributed by atoms with Crippen molar-refractivity contribution in [2.24, 2.45) is 11.7 Å². The first kappa shape index (κ1) is 15.3. The van der Waals surface area contributed by atoms with Crippen LogP contribution in [0.3, 0.4) is 0 Å². The highest BCUT2D eigenvalue weighted by Crippen LogP contribution is 2.34. The number of likely N-dealkylation sites (tertiary alicyclic amines) is 1. The van der Waals surface area contributed by atoms with Crippen molar-refractivity contribution in [2.75, 3.05) is 13.1 Å². The van der Waals surface area contributed by atoms with Crippen LogP contribution >= 0.6 is 0 Å². The Labute approximate surface area is 115 Å². The Hall–Kier alpha value is -1.14. The summed E-state index contributed by atoms with van der Waals surface area (Å²) in [6.07, 6.45) is -3.84. The molecule has 0 aromatic heterocycles. The fourth-order valence-electron chi connectivity index (χ4n) is 2.60. The van der Waals surface area contributed by atoms with Crippen molar-refractivity contribution >= 4 is 0 Å². The molecule has 0 spiro atoms. The van der Waals surface area contributed by atoms with Crippen LogP contribution in [0.2, 0.25) is 0 Å². The van der Waals surface area contributed by atoms with E-state index < -0.39 is 12.1 Å². The predicted octanol–water partition coefficient (Wildman–Crippen LogP) is 3.06. The van der Waals surface area contributed by atoms with Gasteiger partial charge in [-0.25, -0.2) is 4.39 Å². The molecule has 1 aromatic carbocycles. The van der Waals surface area contributed by atoms with Gasteiger partial charge in [0, 0.05) is 13.1 Å². The molecule has 2 N–H and O–H groups in total. The average molecular weight is 290 g/mol. The number of benzene rings is 1. The van der Waals surface area contributed by atoms with E-state index in [1.165, 1.54) is 12.1 Å². The van der Waals surface area contributed by atoms with Crippen molar-refractivity contribution in [3.8, 4) is 0 Å². The molecule has 0 bridgehead atoms. The SMILES string of the molecule is NCc1cc(F)ccc1CN1CCC(C(F)(F)F)CC1. The van der Waals surface area contributed by atoms with E-state index in [1.54, 1.807) is 6.07 Å². The number of alkyl halides is 3. The molecule has 0 radical (unpaired) electrons. The molecule has 1 aliphatic heterocycles. The van der Waals surface area contributed by atoms with Gasteiger partial charge in [-0.05, 0) is 49.2 Å². The van der Waals surface area contributed by atoms with Crippen LogP contribution in [0.4, 0.5) is 17.6 Å². The van der Waals surface area contributed by atoms with Crippen LogP contribution in [-0.4, -0.2) is 24.2 Å². The Kier molecular flexibility index (Phi) is 4.65. The molecule has 1 heterocycles. The molecule has 1 aliphatic rings. The fraction of sp³-hybridized carbons (Fsp3) is 0.571. The van der Waals surface area contributed by atoms with Crippen LogP contribution in [0.15, 0.2) is 18.2 Å². The zero-order valence-electron chi connectivity index (χ0n) is 11.1. The molecule has 0 unspecified atom stereocenters. The van der Waals surface area contributed by atoms with Gasteiger partial charge in [0.15, 0.2) is 0 Å². The lowest BCUT2D eigenvalue weighted by molar-refractivity contribution is -0.185. The number of piperidine rings is 1. The number of nitrogens with two attached hydrogens (primary N) is 1. The summed E-state index contributed by atoms with van der Waals surface area (Å²) in [4.78, 5) is 1.97. The molecule has 1 aromatic rings. The summed E-state index contributed by atoms with van der Waals surface area (Å²) in [5.41, 5.74) is 7.17.